The van der Waals surface area contributed by atoms with Crippen LogP contribution < -0.4 is 0 Å². The number of rotatable bonds is 2. The summed E-state index contributed by atoms with van der Waals surface area (Å²) in [7, 11) is 0. The highest BCUT2D eigenvalue weighted by molar-refractivity contribution is 9.10. The number of halogens is 1. The molecule has 3 nitrogen and oxygen atoms in total. The van der Waals surface area contributed by atoms with Gasteiger partial charge in [0.15, 0.2) is 0 Å². The number of hydrogen-bond acceptors (Lipinski definition) is 2. The topological polar surface area (TPSA) is 41.6 Å². The summed E-state index contributed by atoms with van der Waals surface area (Å²) in [4.78, 5) is 0. The molecule has 0 aromatic carbocycles. The van der Waals surface area contributed by atoms with Crippen molar-refractivity contribution in [1.82, 2.24) is 9.78 Å². The van der Waals surface area contributed by atoms with Gasteiger partial charge in [-0.15, -0.1) is 6.58 Å². The summed E-state index contributed by atoms with van der Waals surface area (Å²) in [5.41, 5.74) is 0.548. The predicted molar refractivity (Wildman–Crippen MR) is 44.8 cm³/mol. The zero-order valence-electron chi connectivity index (χ0n) is 5.79. The lowest BCUT2D eigenvalue weighted by molar-refractivity contribution is 0.686. The molecule has 56 valence electrons. The van der Waals surface area contributed by atoms with Gasteiger partial charge in [0.05, 0.1) is 12.7 Å². The Morgan fingerprint density at radius 3 is 3.09 bits per heavy atom. The van der Waals surface area contributed by atoms with Crippen molar-refractivity contribution < 1.29 is 0 Å². The summed E-state index contributed by atoms with van der Waals surface area (Å²) in [6.45, 7) is 4.18. The first kappa shape index (κ1) is 8.02. The van der Waals surface area contributed by atoms with E-state index in [1.54, 1.807) is 10.8 Å². The van der Waals surface area contributed by atoms with Gasteiger partial charge in [-0.3, -0.25) is 4.68 Å². The van der Waals surface area contributed by atoms with Gasteiger partial charge in [0.25, 0.3) is 0 Å². The molecule has 0 aliphatic rings. The summed E-state index contributed by atoms with van der Waals surface area (Å²) in [5.74, 6) is 0. The second-order valence-corrected chi connectivity index (χ2v) is 2.68. The standard InChI is InChI=1S/C7H6BrN3/c1-2-3-11-7(8)6(4-9)5-10-11/h2,5H,1,3H2. The molecule has 0 fully saturated rings. The minimum Gasteiger partial charge on any atom is -0.253 e. The van der Waals surface area contributed by atoms with Crippen molar-refractivity contribution in [2.45, 2.75) is 6.54 Å². The summed E-state index contributed by atoms with van der Waals surface area (Å²) in [5, 5.41) is 12.5. The van der Waals surface area contributed by atoms with E-state index in [-0.39, 0.29) is 0 Å². The van der Waals surface area contributed by atoms with Gasteiger partial charge in [-0.25, -0.2) is 0 Å². The van der Waals surface area contributed by atoms with Gasteiger partial charge in [-0.2, -0.15) is 10.4 Å². The molecule has 1 rings (SSSR count). The summed E-state index contributed by atoms with van der Waals surface area (Å²) < 4.78 is 2.37. The van der Waals surface area contributed by atoms with Crippen molar-refractivity contribution in [2.75, 3.05) is 0 Å². The fourth-order valence-corrected chi connectivity index (χ4v) is 1.12. The smallest absolute Gasteiger partial charge is 0.122 e. The Kier molecular flexibility index (Phi) is 2.44. The number of nitriles is 1. The van der Waals surface area contributed by atoms with E-state index in [4.69, 9.17) is 5.26 Å². The van der Waals surface area contributed by atoms with Crippen LogP contribution >= 0.6 is 15.9 Å². The van der Waals surface area contributed by atoms with Crippen LogP contribution in [0, 0.1) is 11.3 Å². The van der Waals surface area contributed by atoms with Gasteiger partial charge in [-0.1, -0.05) is 6.08 Å². The minimum atomic E-state index is 0.548. The third-order valence-corrected chi connectivity index (χ3v) is 2.03. The Morgan fingerprint density at radius 2 is 2.64 bits per heavy atom. The van der Waals surface area contributed by atoms with Crippen molar-refractivity contribution in [2.24, 2.45) is 0 Å². The molecule has 0 saturated heterocycles. The molecular weight excluding hydrogens is 206 g/mol. The van der Waals surface area contributed by atoms with Crippen LogP contribution in [0.5, 0.6) is 0 Å². The molecule has 0 radical (unpaired) electrons. The number of aromatic nitrogens is 2. The van der Waals surface area contributed by atoms with E-state index >= 15 is 0 Å². The molecule has 0 aliphatic carbocycles. The third kappa shape index (κ3) is 1.49. The second kappa shape index (κ2) is 3.35. The Hall–Kier alpha value is -1.08. The molecule has 1 aromatic heterocycles. The van der Waals surface area contributed by atoms with Crippen molar-refractivity contribution in [3.63, 3.8) is 0 Å². The summed E-state index contributed by atoms with van der Waals surface area (Å²) >= 11 is 3.24. The zero-order chi connectivity index (χ0) is 8.27. The fraction of sp³-hybridized carbons (Fsp3) is 0.143. The largest absolute Gasteiger partial charge is 0.253 e. The SMILES string of the molecule is C=CCn1ncc(C#N)c1Br. The van der Waals surface area contributed by atoms with Crippen LogP contribution in [-0.4, -0.2) is 9.78 Å². The van der Waals surface area contributed by atoms with Crippen molar-refractivity contribution in [3.05, 3.63) is 29.0 Å². The van der Waals surface area contributed by atoms with Gasteiger partial charge in [-0.05, 0) is 15.9 Å². The highest BCUT2D eigenvalue weighted by Crippen LogP contribution is 2.14. The van der Waals surface area contributed by atoms with Crippen LogP contribution in [0.25, 0.3) is 0 Å². The van der Waals surface area contributed by atoms with Crippen LogP contribution in [0.15, 0.2) is 23.5 Å². The van der Waals surface area contributed by atoms with Crippen molar-refractivity contribution in [3.8, 4) is 6.07 Å². The van der Waals surface area contributed by atoms with E-state index in [1.165, 1.54) is 6.20 Å². The van der Waals surface area contributed by atoms with Gasteiger partial charge in [0.2, 0.25) is 0 Å². The Balaban J connectivity index is 3.02. The molecule has 1 aromatic rings. The zero-order valence-corrected chi connectivity index (χ0v) is 7.37. The maximum absolute atomic E-state index is 8.54. The van der Waals surface area contributed by atoms with E-state index in [1.807, 2.05) is 6.07 Å². The molecule has 0 atom stereocenters. The molecule has 1 heterocycles. The Bertz CT molecular complexity index is 308. The van der Waals surface area contributed by atoms with E-state index in [0.29, 0.717) is 16.7 Å². The maximum atomic E-state index is 8.54. The van der Waals surface area contributed by atoms with E-state index in [9.17, 15) is 0 Å². The van der Waals surface area contributed by atoms with E-state index < -0.39 is 0 Å². The first-order valence-corrected chi connectivity index (χ1v) is 3.81. The maximum Gasteiger partial charge on any atom is 0.122 e. The molecule has 0 spiro atoms. The highest BCUT2D eigenvalue weighted by Gasteiger charge is 2.04. The monoisotopic (exact) mass is 211 g/mol. The molecule has 0 amide bonds. The van der Waals surface area contributed by atoms with Gasteiger partial charge < -0.3 is 0 Å². The highest BCUT2D eigenvalue weighted by atomic mass is 79.9. The van der Waals surface area contributed by atoms with Crippen molar-refractivity contribution >= 4 is 15.9 Å². The third-order valence-electron chi connectivity index (χ3n) is 1.20. The van der Waals surface area contributed by atoms with Crippen molar-refractivity contribution in [1.29, 1.82) is 5.26 Å². The molecule has 0 saturated carbocycles. The molecule has 11 heavy (non-hydrogen) atoms. The van der Waals surface area contributed by atoms with Gasteiger partial charge in [0.1, 0.15) is 16.2 Å². The molecule has 4 heteroatoms. The summed E-state index contributed by atoms with van der Waals surface area (Å²) in [6.07, 6.45) is 3.24. The van der Waals surface area contributed by atoms with Crippen LogP contribution in [0.3, 0.4) is 0 Å². The summed E-state index contributed by atoms with van der Waals surface area (Å²) in [6, 6.07) is 2.01. The molecule has 0 unspecified atom stereocenters. The first-order valence-electron chi connectivity index (χ1n) is 3.02. The molecule has 0 N–H and O–H groups in total. The van der Waals surface area contributed by atoms with E-state index in [2.05, 4.69) is 27.6 Å². The van der Waals surface area contributed by atoms with Gasteiger partial charge in [0, 0.05) is 0 Å². The van der Waals surface area contributed by atoms with Crippen LogP contribution in [0.4, 0.5) is 0 Å². The Labute approximate surface area is 73.1 Å². The lowest BCUT2D eigenvalue weighted by Gasteiger charge is -1.95. The minimum absolute atomic E-state index is 0.548. The first-order chi connectivity index (χ1) is 5.29. The van der Waals surface area contributed by atoms with Crippen LogP contribution in [0.1, 0.15) is 5.56 Å². The number of nitrogens with zero attached hydrogens (tertiary/aromatic N) is 3. The number of hydrogen-bond donors (Lipinski definition) is 0. The lowest BCUT2D eigenvalue weighted by Crippen LogP contribution is -1.96. The molecule has 0 bridgehead atoms. The fourth-order valence-electron chi connectivity index (χ4n) is 0.695. The average molecular weight is 212 g/mol. The normalized spacial score (nSPS) is 9.09. The molecule has 0 aliphatic heterocycles. The predicted octanol–water partition coefficient (Wildman–Crippen LogP) is 1.70. The lowest BCUT2D eigenvalue weighted by atomic mass is 10.4. The van der Waals surface area contributed by atoms with Crippen LogP contribution in [0.2, 0.25) is 0 Å². The molecular formula is C7H6BrN3. The number of allylic oxidation sites excluding steroid dienone is 1. The second-order valence-electron chi connectivity index (χ2n) is 1.93. The van der Waals surface area contributed by atoms with Crippen LogP contribution in [-0.2, 0) is 6.54 Å². The van der Waals surface area contributed by atoms with E-state index in [0.717, 1.165) is 0 Å². The quantitative estimate of drug-likeness (QED) is 0.700. The Morgan fingerprint density at radius 1 is 1.91 bits per heavy atom. The van der Waals surface area contributed by atoms with Gasteiger partial charge >= 0.3 is 0 Å². The average Bonchev–Trinajstić information content (AvgIpc) is 2.34.